The first kappa shape index (κ1) is 26.3. The topological polar surface area (TPSA) is 115 Å². The Kier molecular flexibility index (Phi) is 9.59. The van der Waals surface area contributed by atoms with Crippen molar-refractivity contribution in [3.8, 4) is 5.75 Å². The van der Waals surface area contributed by atoms with Gasteiger partial charge in [0.25, 0.3) is 0 Å². The first-order valence-electron chi connectivity index (χ1n) is 12.5. The lowest BCUT2D eigenvalue weighted by atomic mass is 10.00. The van der Waals surface area contributed by atoms with Crippen LogP contribution in [-0.4, -0.2) is 68.5 Å². The molecular weight excluding hydrogens is 478 g/mol. The van der Waals surface area contributed by atoms with Gasteiger partial charge >= 0.3 is 12.2 Å². The molecule has 2 aliphatic heterocycles. The number of hydrogen-bond acceptors (Lipinski definition) is 7. The molecule has 3 amide bonds. The quantitative estimate of drug-likeness (QED) is 0.398. The summed E-state index contributed by atoms with van der Waals surface area (Å²) in [6.07, 6.45) is 0.0770. The maximum absolute atomic E-state index is 12.3. The molecule has 0 saturated carbocycles. The number of hydrogen-bond donors (Lipinski definition) is 2. The van der Waals surface area contributed by atoms with Crippen molar-refractivity contribution < 1.29 is 33.3 Å². The molecule has 2 saturated heterocycles. The van der Waals surface area contributed by atoms with Crippen LogP contribution < -0.4 is 15.4 Å². The van der Waals surface area contributed by atoms with Gasteiger partial charge in [-0.25, -0.2) is 9.59 Å². The first-order valence-corrected chi connectivity index (χ1v) is 12.5. The van der Waals surface area contributed by atoms with Crippen molar-refractivity contribution in [2.45, 2.75) is 32.1 Å². The number of cyclic esters (lactones) is 1. The molecule has 2 N–H and O–H groups in total. The highest BCUT2D eigenvalue weighted by Gasteiger charge is 2.31. The third-order valence-corrected chi connectivity index (χ3v) is 6.18. The zero-order valence-electron chi connectivity index (χ0n) is 20.7. The Labute approximate surface area is 216 Å². The van der Waals surface area contributed by atoms with E-state index in [1.54, 1.807) is 0 Å². The largest absolute Gasteiger partial charge is 0.491 e. The highest BCUT2D eigenvalue weighted by Crippen LogP contribution is 2.22. The van der Waals surface area contributed by atoms with Crippen molar-refractivity contribution in [3.63, 3.8) is 0 Å². The minimum Gasteiger partial charge on any atom is -0.491 e. The van der Waals surface area contributed by atoms with Gasteiger partial charge in [0, 0.05) is 31.0 Å². The van der Waals surface area contributed by atoms with Crippen LogP contribution in [0.1, 0.15) is 24.0 Å². The van der Waals surface area contributed by atoms with Gasteiger partial charge in [-0.05, 0) is 18.1 Å². The van der Waals surface area contributed by atoms with E-state index in [1.165, 1.54) is 0 Å². The van der Waals surface area contributed by atoms with Crippen LogP contribution in [0, 0.1) is 5.92 Å². The van der Waals surface area contributed by atoms with E-state index in [4.69, 9.17) is 18.9 Å². The van der Waals surface area contributed by atoms with E-state index in [9.17, 15) is 14.4 Å². The van der Waals surface area contributed by atoms with Gasteiger partial charge in [-0.1, -0.05) is 48.5 Å². The summed E-state index contributed by atoms with van der Waals surface area (Å²) in [5.41, 5.74) is 1.84. The summed E-state index contributed by atoms with van der Waals surface area (Å²) in [6, 6.07) is 17.0. The van der Waals surface area contributed by atoms with E-state index in [0.717, 1.165) is 11.1 Å². The molecule has 4 rings (SSSR count). The summed E-state index contributed by atoms with van der Waals surface area (Å²) in [5.74, 6) is 1.10. The number of benzene rings is 2. The number of rotatable bonds is 13. The van der Waals surface area contributed by atoms with Crippen LogP contribution in [0.5, 0.6) is 5.75 Å². The normalized spacial score (nSPS) is 16.9. The average molecular weight is 512 g/mol. The standard InChI is InChI=1S/C27H33N3O7/c31-25(11-10-23-19-37-27(33)29-23)30-14-21(15-30)16-34-18-22-8-4-5-9-24(22)35-13-12-28-26(32)36-17-20-6-2-1-3-7-20/h1-9,21,23H,10-19H2,(H,28,32)(H,29,33)/t23-/m1/s1. The molecule has 0 radical (unpaired) electrons. The Balaban J connectivity index is 1.07. The highest BCUT2D eigenvalue weighted by molar-refractivity contribution is 5.77. The molecule has 0 aliphatic carbocycles. The summed E-state index contributed by atoms with van der Waals surface area (Å²) in [6.45, 7) is 3.46. The molecule has 2 aliphatic rings. The van der Waals surface area contributed by atoms with Crippen molar-refractivity contribution in [2.24, 2.45) is 5.92 Å². The lowest BCUT2D eigenvalue weighted by molar-refractivity contribution is -0.139. The number of carbonyl (C=O) groups is 3. The second kappa shape index (κ2) is 13.5. The molecular formula is C27H33N3O7. The molecule has 0 bridgehead atoms. The predicted octanol–water partition coefficient (Wildman–Crippen LogP) is 2.86. The van der Waals surface area contributed by atoms with Gasteiger partial charge in [-0.3, -0.25) is 4.79 Å². The van der Waals surface area contributed by atoms with E-state index in [-0.39, 0.29) is 18.6 Å². The van der Waals surface area contributed by atoms with Crippen molar-refractivity contribution in [3.05, 3.63) is 65.7 Å². The monoisotopic (exact) mass is 511 g/mol. The van der Waals surface area contributed by atoms with Crippen molar-refractivity contribution in [1.29, 1.82) is 0 Å². The van der Waals surface area contributed by atoms with Gasteiger partial charge in [-0.2, -0.15) is 0 Å². The van der Waals surface area contributed by atoms with Crippen LogP contribution in [0.2, 0.25) is 0 Å². The molecule has 0 spiro atoms. The smallest absolute Gasteiger partial charge is 0.407 e. The van der Waals surface area contributed by atoms with Gasteiger partial charge in [0.1, 0.15) is 25.6 Å². The number of carbonyl (C=O) groups excluding carboxylic acids is 3. The first-order chi connectivity index (χ1) is 18.1. The van der Waals surface area contributed by atoms with E-state index < -0.39 is 12.2 Å². The van der Waals surface area contributed by atoms with Crippen molar-refractivity contribution in [1.82, 2.24) is 15.5 Å². The zero-order chi connectivity index (χ0) is 25.9. The summed E-state index contributed by atoms with van der Waals surface area (Å²) >= 11 is 0. The summed E-state index contributed by atoms with van der Waals surface area (Å²) in [5, 5.41) is 5.37. The molecule has 2 heterocycles. The second-order valence-corrected chi connectivity index (χ2v) is 9.10. The minimum absolute atomic E-state index is 0.0802. The number of nitrogens with zero attached hydrogens (tertiary/aromatic N) is 1. The molecule has 2 fully saturated rings. The third kappa shape index (κ3) is 8.38. The Morgan fingerprint density at radius 1 is 1.05 bits per heavy atom. The fourth-order valence-electron chi connectivity index (χ4n) is 4.10. The van der Waals surface area contributed by atoms with Crippen LogP contribution in [-0.2, 0) is 32.2 Å². The average Bonchev–Trinajstić information content (AvgIpc) is 3.31. The zero-order valence-corrected chi connectivity index (χ0v) is 20.7. The minimum atomic E-state index is -0.489. The van der Waals surface area contributed by atoms with E-state index in [2.05, 4.69) is 10.6 Å². The van der Waals surface area contributed by atoms with Crippen LogP contribution in [0.4, 0.5) is 9.59 Å². The molecule has 10 nitrogen and oxygen atoms in total. The summed E-state index contributed by atoms with van der Waals surface area (Å²) < 4.78 is 21.8. The Bertz CT molecular complexity index is 1040. The number of alkyl carbamates (subject to hydrolysis) is 2. The summed E-state index contributed by atoms with van der Waals surface area (Å²) in [7, 11) is 0. The molecule has 198 valence electrons. The highest BCUT2D eigenvalue weighted by atomic mass is 16.6. The molecule has 0 aromatic heterocycles. The molecule has 1 atom stereocenters. The van der Waals surface area contributed by atoms with Crippen LogP contribution in [0.3, 0.4) is 0 Å². The van der Waals surface area contributed by atoms with Crippen molar-refractivity contribution in [2.75, 3.05) is 39.5 Å². The van der Waals surface area contributed by atoms with Crippen molar-refractivity contribution >= 4 is 18.1 Å². The fraction of sp³-hybridized carbons (Fsp3) is 0.444. The maximum Gasteiger partial charge on any atom is 0.407 e. The lowest BCUT2D eigenvalue weighted by Crippen LogP contribution is -2.51. The van der Waals surface area contributed by atoms with Gasteiger partial charge in [0.05, 0.1) is 25.8 Å². The van der Waals surface area contributed by atoms with Gasteiger partial charge in [-0.15, -0.1) is 0 Å². The van der Waals surface area contributed by atoms with Gasteiger partial charge in [0.2, 0.25) is 5.91 Å². The van der Waals surface area contributed by atoms with E-state index in [0.29, 0.717) is 70.6 Å². The Hall–Kier alpha value is -3.79. The number of ether oxygens (including phenoxy) is 4. The molecule has 2 aromatic rings. The predicted molar refractivity (Wildman–Crippen MR) is 134 cm³/mol. The SMILES string of the molecule is O=C(NCCOc1ccccc1COCC1CN(C(=O)CC[C@@H]2COC(=O)N2)C1)OCc1ccccc1. The van der Waals surface area contributed by atoms with Crippen LogP contribution in [0.15, 0.2) is 54.6 Å². The second-order valence-electron chi connectivity index (χ2n) is 9.10. The van der Waals surface area contributed by atoms with Gasteiger partial charge < -0.3 is 34.5 Å². The van der Waals surface area contributed by atoms with E-state index in [1.807, 2.05) is 59.5 Å². The summed E-state index contributed by atoms with van der Waals surface area (Å²) in [4.78, 5) is 37.0. The molecule has 0 unspecified atom stereocenters. The number of para-hydroxylation sites is 1. The Morgan fingerprint density at radius 2 is 1.84 bits per heavy atom. The third-order valence-electron chi connectivity index (χ3n) is 6.18. The number of likely N-dealkylation sites (tertiary alicyclic amines) is 1. The number of nitrogens with one attached hydrogen (secondary N) is 2. The van der Waals surface area contributed by atoms with E-state index >= 15 is 0 Å². The van der Waals surface area contributed by atoms with Crippen LogP contribution >= 0.6 is 0 Å². The molecule has 37 heavy (non-hydrogen) atoms. The lowest BCUT2D eigenvalue weighted by Gasteiger charge is -2.39. The Morgan fingerprint density at radius 3 is 2.62 bits per heavy atom. The van der Waals surface area contributed by atoms with Crippen LogP contribution in [0.25, 0.3) is 0 Å². The molecule has 10 heteroatoms. The van der Waals surface area contributed by atoms with Gasteiger partial charge in [0.15, 0.2) is 0 Å². The maximum atomic E-state index is 12.3. The fourth-order valence-corrected chi connectivity index (χ4v) is 4.10. The molecule has 2 aromatic carbocycles. The number of amides is 3.